The maximum atomic E-state index is 5.32. The van der Waals surface area contributed by atoms with Gasteiger partial charge in [0.1, 0.15) is 11.7 Å². The summed E-state index contributed by atoms with van der Waals surface area (Å²) < 4.78 is 2.57. The van der Waals surface area contributed by atoms with Gasteiger partial charge < -0.3 is 4.90 Å². The van der Waals surface area contributed by atoms with Crippen molar-refractivity contribution in [1.82, 2.24) is 14.9 Å². The first kappa shape index (κ1) is 37.8. The van der Waals surface area contributed by atoms with Gasteiger partial charge in [-0.2, -0.15) is 0 Å². The van der Waals surface area contributed by atoms with Crippen LogP contribution in [0.25, 0.3) is 70.6 Å². The summed E-state index contributed by atoms with van der Waals surface area (Å²) in [5.41, 5.74) is 13.4. The van der Waals surface area contributed by atoms with Crippen molar-refractivity contribution in [1.29, 1.82) is 0 Å². The summed E-state index contributed by atoms with van der Waals surface area (Å²) in [5, 5.41) is 2.56. The van der Waals surface area contributed by atoms with E-state index in [1.807, 2.05) is 11.3 Å². The number of thiophene rings is 1. The molecule has 5 heteroatoms. The van der Waals surface area contributed by atoms with Crippen LogP contribution in [0.1, 0.15) is 42.1 Å². The first-order chi connectivity index (χ1) is 30.6. The highest BCUT2D eigenvalue weighted by Crippen LogP contribution is 2.46. The van der Waals surface area contributed by atoms with E-state index >= 15 is 0 Å². The van der Waals surface area contributed by atoms with Gasteiger partial charge in [0.25, 0.3) is 0 Å². The van der Waals surface area contributed by atoms with Gasteiger partial charge in [-0.05, 0) is 71.4 Å². The molecule has 0 saturated carbocycles. The van der Waals surface area contributed by atoms with Crippen LogP contribution >= 0.6 is 11.3 Å². The third kappa shape index (κ3) is 7.14. The topological polar surface area (TPSA) is 41.4 Å². The third-order valence-corrected chi connectivity index (χ3v) is 13.6. The van der Waals surface area contributed by atoms with Crippen molar-refractivity contribution in [2.45, 2.75) is 31.2 Å². The summed E-state index contributed by atoms with van der Waals surface area (Å²) in [6.07, 6.45) is 20.7. The van der Waals surface area contributed by atoms with E-state index in [4.69, 9.17) is 15.0 Å². The van der Waals surface area contributed by atoms with E-state index in [0.29, 0.717) is 0 Å². The molecule has 2 atom stereocenters. The molecule has 6 aromatic carbocycles. The molecule has 1 aliphatic heterocycles. The lowest BCUT2D eigenvalue weighted by Gasteiger charge is -2.35. The Balaban J connectivity index is 1.03. The zero-order valence-electron chi connectivity index (χ0n) is 34.5. The van der Waals surface area contributed by atoms with E-state index in [2.05, 4.69) is 212 Å². The number of fused-ring (bicyclic) bond motifs is 3. The summed E-state index contributed by atoms with van der Waals surface area (Å²) in [6, 6.07) is 54.7. The Labute approximate surface area is 367 Å². The monoisotopic (exact) mass is 816 g/mol. The molecule has 0 bridgehead atoms. The van der Waals surface area contributed by atoms with Gasteiger partial charge in [-0.3, -0.25) is 0 Å². The second-order valence-corrected chi connectivity index (χ2v) is 17.3. The van der Waals surface area contributed by atoms with Gasteiger partial charge in [-0.15, -0.1) is 11.3 Å². The maximum Gasteiger partial charge on any atom is 0.137 e. The van der Waals surface area contributed by atoms with Crippen LogP contribution in [-0.4, -0.2) is 33.8 Å². The number of nitrogens with zero attached hydrogens (tertiary/aromatic N) is 4. The molecule has 8 aromatic rings. The molecule has 0 N–H and O–H groups in total. The van der Waals surface area contributed by atoms with Crippen LogP contribution < -0.4 is 0 Å². The fourth-order valence-corrected chi connectivity index (χ4v) is 10.4. The Kier molecular flexibility index (Phi) is 9.95. The fourth-order valence-electron chi connectivity index (χ4n) is 9.14. The van der Waals surface area contributed by atoms with Crippen LogP contribution in [-0.2, 0) is 0 Å². The zero-order valence-corrected chi connectivity index (χ0v) is 35.3. The molecular formula is C57H44N4S. The molecule has 3 aliphatic rings. The summed E-state index contributed by atoms with van der Waals surface area (Å²) in [5.74, 6) is 1.96. The second-order valence-electron chi connectivity index (χ2n) is 16.3. The Morgan fingerprint density at radius 3 is 2.10 bits per heavy atom. The molecule has 2 aromatic heterocycles. The molecule has 62 heavy (non-hydrogen) atoms. The fraction of sp³-hybridized carbons (Fsp3) is 0.105. The van der Waals surface area contributed by atoms with Gasteiger partial charge in [0.05, 0.1) is 23.1 Å². The van der Waals surface area contributed by atoms with E-state index in [-0.39, 0.29) is 12.0 Å². The lowest BCUT2D eigenvalue weighted by atomic mass is 9.90. The van der Waals surface area contributed by atoms with Gasteiger partial charge in [-0.1, -0.05) is 176 Å². The Morgan fingerprint density at radius 2 is 1.32 bits per heavy atom. The standard InChI is InChI=1S/C57H44N4S/c1-61-52(41-19-8-3-9-20-41)37-51(60-57(61)43-23-12-5-13-24-43)40-31-29-38(30-32-40)46-33-34-48-47-27-14-15-28-53(47)62-55(48)54(46)45-26-16-25-44(35-45)50-36-49(39-17-6-2-7-18-39)58-56(59-50)42-21-10-4-11-22-42/h2-8,10-19,21,23-37,42,52H,9,20,22H2,1H3. The number of likely N-dealkylation sites (N-methyl/N-ethyl adjacent to an activating group) is 1. The number of benzene rings is 6. The Bertz CT molecular complexity index is 3170. The number of hydrogen-bond donors (Lipinski definition) is 0. The van der Waals surface area contributed by atoms with E-state index in [0.717, 1.165) is 75.8 Å². The predicted octanol–water partition coefficient (Wildman–Crippen LogP) is 14.5. The number of allylic oxidation sites excluding steroid dienone is 7. The average molecular weight is 817 g/mol. The molecule has 0 radical (unpaired) electrons. The summed E-state index contributed by atoms with van der Waals surface area (Å²) in [4.78, 5) is 18.0. The van der Waals surface area contributed by atoms with Crippen molar-refractivity contribution >= 4 is 43.0 Å². The van der Waals surface area contributed by atoms with Crippen LogP contribution in [0.3, 0.4) is 0 Å². The Morgan fingerprint density at radius 1 is 0.597 bits per heavy atom. The molecule has 2 aliphatic carbocycles. The first-order valence-corrected chi connectivity index (χ1v) is 22.3. The minimum Gasteiger partial charge on any atom is -0.349 e. The van der Waals surface area contributed by atoms with Crippen molar-refractivity contribution < 1.29 is 0 Å². The van der Waals surface area contributed by atoms with Gasteiger partial charge in [0.15, 0.2) is 0 Å². The normalized spacial score (nSPS) is 17.3. The molecule has 4 nitrogen and oxygen atoms in total. The van der Waals surface area contributed by atoms with Crippen LogP contribution in [0.15, 0.2) is 211 Å². The molecule has 2 unspecified atom stereocenters. The van der Waals surface area contributed by atoms with Crippen LogP contribution in [0.2, 0.25) is 0 Å². The smallest absolute Gasteiger partial charge is 0.137 e. The largest absolute Gasteiger partial charge is 0.349 e. The minimum atomic E-state index is 0.126. The summed E-state index contributed by atoms with van der Waals surface area (Å²) >= 11 is 1.87. The number of aliphatic imine (C=N–C) groups is 1. The molecule has 11 rings (SSSR count). The lowest BCUT2D eigenvalue weighted by molar-refractivity contribution is 0.455. The first-order valence-electron chi connectivity index (χ1n) is 21.5. The maximum absolute atomic E-state index is 5.32. The average Bonchev–Trinajstić information content (AvgIpc) is 3.74. The molecule has 0 saturated heterocycles. The molecule has 3 heterocycles. The second kappa shape index (κ2) is 16.3. The van der Waals surface area contributed by atoms with Gasteiger partial charge >= 0.3 is 0 Å². The number of hydrogen-bond acceptors (Lipinski definition) is 5. The highest BCUT2D eigenvalue weighted by Gasteiger charge is 2.27. The van der Waals surface area contributed by atoms with E-state index < -0.39 is 0 Å². The van der Waals surface area contributed by atoms with Crippen molar-refractivity contribution in [2.75, 3.05) is 7.05 Å². The summed E-state index contributed by atoms with van der Waals surface area (Å²) in [6.45, 7) is 0. The van der Waals surface area contributed by atoms with Gasteiger partial charge in [0, 0.05) is 55.4 Å². The number of amidine groups is 1. The van der Waals surface area contributed by atoms with E-state index in [1.165, 1.54) is 42.4 Å². The van der Waals surface area contributed by atoms with Gasteiger partial charge in [-0.25, -0.2) is 15.0 Å². The van der Waals surface area contributed by atoms with Crippen LogP contribution in [0.4, 0.5) is 0 Å². The SMILES string of the molecule is CN1C(c2ccccc2)=NC(c2ccc(-c3ccc4c(sc5ccccc54)c3-c3cccc(-c4cc(-c5ccccc5)nc(C5C=CC=CC5)n4)c3)cc2)=CC1C1=CC=CCC1. The molecular weight excluding hydrogens is 773 g/mol. The van der Waals surface area contributed by atoms with Crippen molar-refractivity contribution in [3.8, 4) is 44.8 Å². The minimum absolute atomic E-state index is 0.126. The highest BCUT2D eigenvalue weighted by molar-refractivity contribution is 7.26. The highest BCUT2D eigenvalue weighted by atomic mass is 32.1. The zero-order chi connectivity index (χ0) is 41.4. The van der Waals surface area contributed by atoms with E-state index in [9.17, 15) is 0 Å². The summed E-state index contributed by atoms with van der Waals surface area (Å²) in [7, 11) is 2.17. The van der Waals surface area contributed by atoms with Crippen LogP contribution in [0, 0.1) is 0 Å². The Hall–Kier alpha value is -7.21. The predicted molar refractivity (Wildman–Crippen MR) is 261 cm³/mol. The van der Waals surface area contributed by atoms with E-state index in [1.54, 1.807) is 0 Å². The molecule has 298 valence electrons. The van der Waals surface area contributed by atoms with Crippen molar-refractivity contribution in [3.05, 3.63) is 223 Å². The van der Waals surface area contributed by atoms with Crippen molar-refractivity contribution in [3.63, 3.8) is 0 Å². The molecule has 0 amide bonds. The van der Waals surface area contributed by atoms with Crippen molar-refractivity contribution in [2.24, 2.45) is 4.99 Å². The molecule has 0 spiro atoms. The quantitative estimate of drug-likeness (QED) is 0.153. The van der Waals surface area contributed by atoms with Crippen LogP contribution in [0.5, 0.6) is 0 Å². The third-order valence-electron chi connectivity index (χ3n) is 12.4. The van der Waals surface area contributed by atoms with Gasteiger partial charge in [0.2, 0.25) is 0 Å². The number of aromatic nitrogens is 2. The lowest BCUT2D eigenvalue weighted by Crippen LogP contribution is -2.40. The molecule has 0 fully saturated rings. The number of rotatable bonds is 8.